The third-order valence-electron chi connectivity index (χ3n) is 5.12. The van der Waals surface area contributed by atoms with Gasteiger partial charge in [0.1, 0.15) is 5.69 Å². The first-order valence-electron chi connectivity index (χ1n) is 9.63. The molecule has 1 amide bonds. The standard InChI is InChI=1S/C22H25N3O2/c1-16-5-10-21-19(13-16)20(24-27-21)14-22(26)23-18-8-6-17(7-9-18)15-25-11-3-2-4-12-25/h5-10,13H,2-4,11-12,14-15H2,1H3,(H,23,26). The van der Waals surface area contributed by atoms with E-state index in [1.807, 2.05) is 37.3 Å². The minimum Gasteiger partial charge on any atom is -0.356 e. The molecule has 4 rings (SSSR count). The van der Waals surface area contributed by atoms with Crippen molar-refractivity contribution < 1.29 is 9.32 Å². The molecule has 1 aliphatic heterocycles. The van der Waals surface area contributed by atoms with Gasteiger partial charge in [0.2, 0.25) is 5.91 Å². The molecule has 1 aliphatic rings. The minimum atomic E-state index is -0.0875. The van der Waals surface area contributed by atoms with Crippen LogP contribution in [0.4, 0.5) is 5.69 Å². The third-order valence-corrected chi connectivity index (χ3v) is 5.12. The fourth-order valence-electron chi connectivity index (χ4n) is 3.66. The molecule has 0 atom stereocenters. The molecule has 27 heavy (non-hydrogen) atoms. The Morgan fingerprint density at radius 3 is 2.67 bits per heavy atom. The number of carbonyl (C=O) groups excluding carboxylic acids is 1. The molecule has 0 radical (unpaired) electrons. The second-order valence-corrected chi connectivity index (χ2v) is 7.39. The number of carbonyl (C=O) groups is 1. The Morgan fingerprint density at radius 1 is 1.11 bits per heavy atom. The number of piperidine rings is 1. The largest absolute Gasteiger partial charge is 0.356 e. The van der Waals surface area contributed by atoms with E-state index in [0.29, 0.717) is 11.3 Å². The van der Waals surface area contributed by atoms with Crippen LogP contribution in [0.2, 0.25) is 0 Å². The van der Waals surface area contributed by atoms with Crippen molar-refractivity contribution >= 4 is 22.6 Å². The molecular formula is C22H25N3O2. The zero-order valence-electron chi connectivity index (χ0n) is 15.7. The molecule has 2 aromatic carbocycles. The van der Waals surface area contributed by atoms with Gasteiger partial charge in [0.05, 0.1) is 6.42 Å². The molecule has 140 valence electrons. The SMILES string of the molecule is Cc1ccc2onc(CC(=O)Nc3ccc(CN4CCCCC4)cc3)c2c1. The van der Waals surface area contributed by atoms with Gasteiger partial charge >= 0.3 is 0 Å². The molecule has 1 N–H and O–H groups in total. The number of amides is 1. The maximum Gasteiger partial charge on any atom is 0.230 e. The molecule has 3 aromatic rings. The minimum absolute atomic E-state index is 0.0875. The molecular weight excluding hydrogens is 338 g/mol. The molecule has 0 bridgehead atoms. The first kappa shape index (κ1) is 17.7. The Morgan fingerprint density at radius 2 is 1.89 bits per heavy atom. The van der Waals surface area contributed by atoms with Crippen molar-refractivity contribution in [3.05, 3.63) is 59.3 Å². The molecule has 1 saturated heterocycles. The molecule has 5 heteroatoms. The zero-order chi connectivity index (χ0) is 18.6. The summed E-state index contributed by atoms with van der Waals surface area (Å²) in [5, 5.41) is 7.92. The van der Waals surface area contributed by atoms with Crippen LogP contribution in [0.1, 0.15) is 36.1 Å². The number of hydrogen-bond donors (Lipinski definition) is 1. The van der Waals surface area contributed by atoms with Gasteiger partial charge in [-0.2, -0.15) is 0 Å². The lowest BCUT2D eigenvalue weighted by Crippen LogP contribution is -2.29. The summed E-state index contributed by atoms with van der Waals surface area (Å²) in [5.41, 5.74) is 4.61. The molecule has 5 nitrogen and oxygen atoms in total. The summed E-state index contributed by atoms with van der Waals surface area (Å²) in [4.78, 5) is 14.9. The number of nitrogens with zero attached hydrogens (tertiary/aromatic N) is 2. The topological polar surface area (TPSA) is 58.4 Å². The first-order valence-corrected chi connectivity index (χ1v) is 9.63. The average molecular weight is 363 g/mol. The Bertz CT molecular complexity index is 924. The molecule has 2 heterocycles. The van der Waals surface area contributed by atoms with Gasteiger partial charge in [-0.25, -0.2) is 0 Å². The normalized spacial score (nSPS) is 15.1. The van der Waals surface area contributed by atoms with E-state index in [-0.39, 0.29) is 12.3 Å². The summed E-state index contributed by atoms with van der Waals surface area (Å²) < 4.78 is 5.31. The Labute approximate surface area is 159 Å². The van der Waals surface area contributed by atoms with Crippen molar-refractivity contribution in [2.45, 2.75) is 39.2 Å². The molecule has 0 unspecified atom stereocenters. The third kappa shape index (κ3) is 4.37. The van der Waals surface area contributed by atoms with Crippen LogP contribution < -0.4 is 5.32 Å². The van der Waals surface area contributed by atoms with Crippen LogP contribution in [-0.2, 0) is 17.8 Å². The lowest BCUT2D eigenvalue weighted by atomic mass is 10.1. The predicted octanol–water partition coefficient (Wildman–Crippen LogP) is 4.30. The van der Waals surface area contributed by atoms with E-state index in [2.05, 4.69) is 27.5 Å². The highest BCUT2D eigenvalue weighted by molar-refractivity contribution is 5.94. The molecule has 1 aromatic heterocycles. The van der Waals surface area contributed by atoms with E-state index in [0.717, 1.165) is 23.2 Å². The van der Waals surface area contributed by atoms with Gasteiger partial charge in [0.25, 0.3) is 0 Å². The number of aromatic nitrogens is 1. The number of benzene rings is 2. The van der Waals surface area contributed by atoms with E-state index in [9.17, 15) is 4.79 Å². The second-order valence-electron chi connectivity index (χ2n) is 7.39. The van der Waals surface area contributed by atoms with Gasteiger partial charge in [-0.3, -0.25) is 9.69 Å². The summed E-state index contributed by atoms with van der Waals surface area (Å²) in [7, 11) is 0. The van der Waals surface area contributed by atoms with Gasteiger partial charge in [-0.15, -0.1) is 0 Å². The fourth-order valence-corrected chi connectivity index (χ4v) is 3.66. The number of nitrogens with one attached hydrogen (secondary N) is 1. The summed E-state index contributed by atoms with van der Waals surface area (Å²) in [6, 6.07) is 14.0. The van der Waals surface area contributed by atoms with Crippen molar-refractivity contribution in [1.29, 1.82) is 0 Å². The van der Waals surface area contributed by atoms with Gasteiger partial charge < -0.3 is 9.84 Å². The lowest BCUT2D eigenvalue weighted by Gasteiger charge is -2.26. The Balaban J connectivity index is 1.36. The predicted molar refractivity (Wildman–Crippen MR) is 107 cm³/mol. The van der Waals surface area contributed by atoms with E-state index in [4.69, 9.17) is 4.52 Å². The van der Waals surface area contributed by atoms with Crippen LogP contribution in [0.5, 0.6) is 0 Å². The van der Waals surface area contributed by atoms with Crippen molar-refractivity contribution in [3.63, 3.8) is 0 Å². The monoisotopic (exact) mass is 363 g/mol. The van der Waals surface area contributed by atoms with Crippen molar-refractivity contribution in [1.82, 2.24) is 10.1 Å². The summed E-state index contributed by atoms with van der Waals surface area (Å²) in [6.45, 7) is 5.37. The number of fused-ring (bicyclic) bond motifs is 1. The number of hydrogen-bond acceptors (Lipinski definition) is 4. The molecule has 0 spiro atoms. The maximum absolute atomic E-state index is 12.4. The van der Waals surface area contributed by atoms with Crippen LogP contribution in [0.25, 0.3) is 11.0 Å². The average Bonchev–Trinajstić information content (AvgIpc) is 3.06. The summed E-state index contributed by atoms with van der Waals surface area (Å²) in [5.74, 6) is -0.0875. The Hall–Kier alpha value is -2.66. The molecule has 0 saturated carbocycles. The number of rotatable bonds is 5. The molecule has 0 aliphatic carbocycles. The lowest BCUT2D eigenvalue weighted by molar-refractivity contribution is -0.115. The van der Waals surface area contributed by atoms with Crippen molar-refractivity contribution in [3.8, 4) is 0 Å². The molecule has 1 fully saturated rings. The zero-order valence-corrected chi connectivity index (χ0v) is 15.7. The summed E-state index contributed by atoms with van der Waals surface area (Å²) in [6.07, 6.45) is 4.14. The summed E-state index contributed by atoms with van der Waals surface area (Å²) >= 11 is 0. The van der Waals surface area contributed by atoms with Crippen molar-refractivity contribution in [2.75, 3.05) is 18.4 Å². The fraction of sp³-hybridized carbons (Fsp3) is 0.364. The number of anilines is 1. The quantitative estimate of drug-likeness (QED) is 0.734. The van der Waals surface area contributed by atoms with Crippen LogP contribution in [0.15, 0.2) is 47.0 Å². The number of aryl methyl sites for hydroxylation is 1. The van der Waals surface area contributed by atoms with Crippen LogP contribution >= 0.6 is 0 Å². The van der Waals surface area contributed by atoms with Crippen LogP contribution in [-0.4, -0.2) is 29.1 Å². The van der Waals surface area contributed by atoms with Gasteiger partial charge in [-0.1, -0.05) is 35.3 Å². The van der Waals surface area contributed by atoms with Crippen LogP contribution in [0, 0.1) is 6.92 Å². The highest BCUT2D eigenvalue weighted by Gasteiger charge is 2.13. The van der Waals surface area contributed by atoms with Gasteiger partial charge in [0, 0.05) is 17.6 Å². The van der Waals surface area contributed by atoms with Gasteiger partial charge in [0.15, 0.2) is 5.58 Å². The van der Waals surface area contributed by atoms with E-state index >= 15 is 0 Å². The van der Waals surface area contributed by atoms with E-state index in [1.54, 1.807) is 0 Å². The van der Waals surface area contributed by atoms with Crippen LogP contribution in [0.3, 0.4) is 0 Å². The second kappa shape index (κ2) is 7.92. The van der Waals surface area contributed by atoms with Gasteiger partial charge in [-0.05, 0) is 62.7 Å². The smallest absolute Gasteiger partial charge is 0.230 e. The highest BCUT2D eigenvalue weighted by atomic mass is 16.5. The van der Waals surface area contributed by atoms with E-state index in [1.165, 1.54) is 37.9 Å². The Kier molecular flexibility index (Phi) is 5.21. The van der Waals surface area contributed by atoms with Crippen molar-refractivity contribution in [2.24, 2.45) is 0 Å². The maximum atomic E-state index is 12.4. The first-order chi connectivity index (χ1) is 13.2. The van der Waals surface area contributed by atoms with E-state index < -0.39 is 0 Å². The highest BCUT2D eigenvalue weighted by Crippen LogP contribution is 2.21. The number of likely N-dealkylation sites (tertiary alicyclic amines) is 1.